The fourth-order valence-electron chi connectivity index (χ4n) is 3.81. The number of halogens is 1. The van der Waals surface area contributed by atoms with Crippen LogP contribution in [0.5, 0.6) is 5.75 Å². The Kier molecular flexibility index (Phi) is 6.91. The number of nitrogens with zero attached hydrogens (tertiary/aromatic N) is 2. The van der Waals surface area contributed by atoms with Crippen molar-refractivity contribution in [3.63, 3.8) is 0 Å². The highest BCUT2D eigenvalue weighted by atomic mass is 35.5. The molecule has 0 atom stereocenters. The minimum atomic E-state index is -0.00724. The van der Waals surface area contributed by atoms with Gasteiger partial charge >= 0.3 is 0 Å². The number of rotatable bonds is 8. The Labute approximate surface area is 193 Å². The summed E-state index contributed by atoms with van der Waals surface area (Å²) in [5, 5.41) is 1.30. The van der Waals surface area contributed by atoms with Gasteiger partial charge in [0.1, 0.15) is 11.6 Å². The molecule has 0 N–H and O–H groups in total. The summed E-state index contributed by atoms with van der Waals surface area (Å²) in [6.07, 6.45) is 2.76. The van der Waals surface area contributed by atoms with Gasteiger partial charge in [0.25, 0.3) is 5.56 Å². The number of para-hydroxylation sites is 1. The Morgan fingerprint density at radius 1 is 0.906 bits per heavy atom. The molecule has 0 saturated carbocycles. The van der Waals surface area contributed by atoms with Crippen molar-refractivity contribution in [3.05, 3.63) is 93.2 Å². The summed E-state index contributed by atoms with van der Waals surface area (Å²) in [6.45, 7) is 5.45. The van der Waals surface area contributed by atoms with Crippen LogP contribution in [-0.4, -0.2) is 16.2 Å². The van der Waals surface area contributed by atoms with Gasteiger partial charge in [-0.25, -0.2) is 4.98 Å². The maximum Gasteiger partial charge on any atom is 0.261 e. The summed E-state index contributed by atoms with van der Waals surface area (Å²) >= 11 is 6.06. The van der Waals surface area contributed by atoms with E-state index in [4.69, 9.17) is 21.3 Å². The molecular formula is C27H27ClN2O2. The highest BCUT2D eigenvalue weighted by Crippen LogP contribution is 2.23. The van der Waals surface area contributed by atoms with E-state index in [9.17, 15) is 4.79 Å². The van der Waals surface area contributed by atoms with Gasteiger partial charge in [0.15, 0.2) is 0 Å². The van der Waals surface area contributed by atoms with Gasteiger partial charge < -0.3 is 4.74 Å². The first-order chi connectivity index (χ1) is 15.5. The fourth-order valence-corrected chi connectivity index (χ4v) is 3.93. The van der Waals surface area contributed by atoms with E-state index in [0.717, 1.165) is 30.6 Å². The van der Waals surface area contributed by atoms with Crippen LogP contribution in [-0.2, 0) is 6.54 Å². The average molecular weight is 447 g/mol. The molecule has 1 aromatic heterocycles. The molecule has 0 saturated heterocycles. The van der Waals surface area contributed by atoms with Crippen LogP contribution in [0.15, 0.2) is 71.5 Å². The number of fused-ring (bicyclic) bond motifs is 1. The maximum absolute atomic E-state index is 13.2. The first-order valence-corrected chi connectivity index (χ1v) is 11.4. The average Bonchev–Trinajstić information content (AvgIpc) is 2.80. The molecule has 32 heavy (non-hydrogen) atoms. The topological polar surface area (TPSA) is 44.1 Å². The number of hydrogen-bond acceptors (Lipinski definition) is 3. The number of aryl methyl sites for hydroxylation is 1. The van der Waals surface area contributed by atoms with Crippen molar-refractivity contribution in [2.45, 2.75) is 39.7 Å². The van der Waals surface area contributed by atoms with Gasteiger partial charge in [0.05, 0.1) is 17.5 Å². The molecule has 0 aliphatic carbocycles. The second kappa shape index (κ2) is 10.0. The first kappa shape index (κ1) is 22.1. The van der Waals surface area contributed by atoms with Gasteiger partial charge in [0, 0.05) is 17.1 Å². The maximum atomic E-state index is 13.2. The quantitative estimate of drug-likeness (QED) is 0.287. The van der Waals surface area contributed by atoms with Crippen LogP contribution in [0, 0.1) is 13.8 Å². The molecule has 4 nitrogen and oxygen atoms in total. The predicted molar refractivity (Wildman–Crippen MR) is 132 cm³/mol. The number of aromatic nitrogens is 2. The van der Waals surface area contributed by atoms with E-state index < -0.39 is 0 Å². The Hall–Kier alpha value is -3.11. The molecule has 3 aromatic carbocycles. The summed E-state index contributed by atoms with van der Waals surface area (Å²) in [5.41, 5.74) is 4.01. The second-order valence-corrected chi connectivity index (χ2v) is 8.46. The van der Waals surface area contributed by atoms with Crippen molar-refractivity contribution in [1.29, 1.82) is 0 Å². The van der Waals surface area contributed by atoms with Crippen molar-refractivity contribution >= 4 is 22.5 Å². The van der Waals surface area contributed by atoms with Crippen molar-refractivity contribution in [3.8, 4) is 17.1 Å². The first-order valence-electron chi connectivity index (χ1n) is 11.0. The molecule has 4 rings (SSSR count). The second-order valence-electron chi connectivity index (χ2n) is 8.02. The lowest BCUT2D eigenvalue weighted by Crippen LogP contribution is -2.23. The molecule has 164 valence electrons. The molecule has 0 bridgehead atoms. The van der Waals surface area contributed by atoms with Gasteiger partial charge in [-0.1, -0.05) is 35.9 Å². The molecule has 0 radical (unpaired) electrons. The van der Waals surface area contributed by atoms with Gasteiger partial charge in [-0.2, -0.15) is 0 Å². The molecule has 0 aliphatic rings. The van der Waals surface area contributed by atoms with Crippen LogP contribution in [0.1, 0.15) is 30.4 Å². The standard InChI is InChI=1S/C27H27ClN2O2/c1-19-9-8-12-25(20(19)2)32-18-7-3-6-17-30-26(21-13-15-22(28)16-14-21)29-24-11-5-4-10-23(24)27(30)31/h4-5,8-16H,3,6-7,17-18H2,1-2H3. The molecule has 0 fully saturated rings. The Balaban J connectivity index is 1.46. The predicted octanol–water partition coefficient (Wildman–Crippen LogP) is 6.58. The number of ether oxygens (including phenoxy) is 1. The molecule has 5 heteroatoms. The Morgan fingerprint density at radius 2 is 1.69 bits per heavy atom. The lowest BCUT2D eigenvalue weighted by atomic mass is 10.1. The van der Waals surface area contributed by atoms with Gasteiger partial charge in [-0.05, 0) is 86.7 Å². The molecule has 4 aromatic rings. The molecule has 0 spiro atoms. The van der Waals surface area contributed by atoms with Crippen LogP contribution in [0.4, 0.5) is 0 Å². The number of benzene rings is 3. The molecule has 0 amide bonds. The van der Waals surface area contributed by atoms with Crippen molar-refractivity contribution < 1.29 is 4.74 Å². The minimum absolute atomic E-state index is 0.00724. The van der Waals surface area contributed by atoms with Crippen LogP contribution in [0.3, 0.4) is 0 Å². The Bertz CT molecular complexity index is 1280. The van der Waals surface area contributed by atoms with Crippen LogP contribution >= 0.6 is 11.6 Å². The Morgan fingerprint density at radius 3 is 2.50 bits per heavy atom. The van der Waals surface area contributed by atoms with E-state index in [1.165, 1.54) is 11.1 Å². The zero-order valence-electron chi connectivity index (χ0n) is 18.5. The van der Waals surface area contributed by atoms with Crippen LogP contribution < -0.4 is 10.3 Å². The normalized spacial score (nSPS) is 11.1. The summed E-state index contributed by atoms with van der Waals surface area (Å²) in [5.74, 6) is 1.63. The van der Waals surface area contributed by atoms with Crippen LogP contribution in [0.2, 0.25) is 5.02 Å². The van der Waals surface area contributed by atoms with Gasteiger partial charge in [0.2, 0.25) is 0 Å². The monoisotopic (exact) mass is 446 g/mol. The van der Waals surface area contributed by atoms with Gasteiger partial charge in [-0.3, -0.25) is 9.36 Å². The van der Waals surface area contributed by atoms with Crippen molar-refractivity contribution in [2.75, 3.05) is 6.61 Å². The fraction of sp³-hybridized carbons (Fsp3) is 0.259. The number of hydrogen-bond donors (Lipinski definition) is 0. The number of unbranched alkanes of at least 4 members (excludes halogenated alkanes) is 2. The van der Waals surface area contributed by atoms with E-state index in [1.54, 1.807) is 4.57 Å². The van der Waals surface area contributed by atoms with E-state index in [-0.39, 0.29) is 5.56 Å². The molecular weight excluding hydrogens is 420 g/mol. The highest BCUT2D eigenvalue weighted by Gasteiger charge is 2.12. The molecule has 0 unspecified atom stereocenters. The SMILES string of the molecule is Cc1cccc(OCCCCCn2c(-c3ccc(Cl)cc3)nc3ccccc3c2=O)c1C. The lowest BCUT2D eigenvalue weighted by Gasteiger charge is -2.14. The van der Waals surface area contributed by atoms with Crippen LogP contribution in [0.25, 0.3) is 22.3 Å². The zero-order chi connectivity index (χ0) is 22.5. The van der Waals surface area contributed by atoms with E-state index in [2.05, 4.69) is 19.9 Å². The third kappa shape index (κ3) is 4.86. The summed E-state index contributed by atoms with van der Waals surface area (Å²) in [6, 6.07) is 21.1. The summed E-state index contributed by atoms with van der Waals surface area (Å²) < 4.78 is 7.75. The summed E-state index contributed by atoms with van der Waals surface area (Å²) in [4.78, 5) is 18.0. The van der Waals surface area contributed by atoms with Gasteiger partial charge in [-0.15, -0.1) is 0 Å². The molecule has 1 heterocycles. The summed E-state index contributed by atoms with van der Waals surface area (Å²) in [7, 11) is 0. The third-order valence-corrected chi connectivity index (χ3v) is 6.05. The van der Waals surface area contributed by atoms with Crippen molar-refractivity contribution in [1.82, 2.24) is 9.55 Å². The van der Waals surface area contributed by atoms with E-state index >= 15 is 0 Å². The third-order valence-electron chi connectivity index (χ3n) is 5.80. The van der Waals surface area contributed by atoms with E-state index in [1.807, 2.05) is 60.7 Å². The largest absolute Gasteiger partial charge is 0.493 e. The zero-order valence-corrected chi connectivity index (χ0v) is 19.2. The smallest absolute Gasteiger partial charge is 0.261 e. The molecule has 0 aliphatic heterocycles. The van der Waals surface area contributed by atoms with E-state index in [0.29, 0.717) is 34.9 Å². The van der Waals surface area contributed by atoms with Crippen molar-refractivity contribution in [2.24, 2.45) is 0 Å². The highest BCUT2D eigenvalue weighted by molar-refractivity contribution is 6.30. The lowest BCUT2D eigenvalue weighted by molar-refractivity contribution is 0.301. The minimum Gasteiger partial charge on any atom is -0.493 e.